The van der Waals surface area contributed by atoms with Crippen LogP contribution in [0.1, 0.15) is 23.3 Å². The minimum Gasteiger partial charge on any atom is -0.337 e. The number of piperidine rings is 1. The maximum absolute atomic E-state index is 12.9. The van der Waals surface area contributed by atoms with Gasteiger partial charge in [-0.25, -0.2) is 0 Å². The van der Waals surface area contributed by atoms with E-state index in [2.05, 4.69) is 21.4 Å². The number of likely N-dealkylation sites (tertiary alicyclic amines) is 1. The van der Waals surface area contributed by atoms with Crippen LogP contribution in [0.3, 0.4) is 0 Å². The molecule has 4 rings (SSSR count). The molecule has 0 radical (unpaired) electrons. The number of hydrogen-bond donors (Lipinski definition) is 0. The van der Waals surface area contributed by atoms with Gasteiger partial charge in [0, 0.05) is 29.6 Å². The van der Waals surface area contributed by atoms with Gasteiger partial charge in [-0.1, -0.05) is 23.7 Å². The number of fused-ring (bicyclic) bond motifs is 1. The highest BCUT2D eigenvalue weighted by Crippen LogP contribution is 2.26. The van der Waals surface area contributed by atoms with E-state index in [1.165, 1.54) is 10.8 Å². The fourth-order valence-corrected chi connectivity index (χ4v) is 3.27. The Morgan fingerprint density at radius 1 is 1.23 bits per heavy atom. The summed E-state index contributed by atoms with van der Waals surface area (Å²) in [6, 6.07) is 11.3. The fourth-order valence-electron chi connectivity index (χ4n) is 3.15. The molecule has 1 amide bonds. The van der Waals surface area contributed by atoms with Gasteiger partial charge in [0.15, 0.2) is 5.65 Å². The van der Waals surface area contributed by atoms with Gasteiger partial charge in [-0.2, -0.15) is 14.9 Å². The largest absolute Gasteiger partial charge is 0.337 e. The summed E-state index contributed by atoms with van der Waals surface area (Å²) >= 11 is 5.97. The highest BCUT2D eigenvalue weighted by atomic mass is 35.5. The Labute approximate surface area is 154 Å². The first-order valence-corrected chi connectivity index (χ1v) is 8.69. The van der Waals surface area contributed by atoms with Crippen molar-refractivity contribution in [2.24, 2.45) is 5.92 Å². The average Bonchev–Trinajstić information content (AvgIpc) is 3.16. The first-order chi connectivity index (χ1) is 12.7. The van der Waals surface area contributed by atoms with Crippen molar-refractivity contribution >= 4 is 23.2 Å². The van der Waals surface area contributed by atoms with Crippen LogP contribution in [0.4, 0.5) is 0 Å². The summed E-state index contributed by atoms with van der Waals surface area (Å²) in [6.07, 6.45) is 2.87. The molecule has 0 atom stereocenters. The summed E-state index contributed by atoms with van der Waals surface area (Å²) in [5.74, 6) is -0.121. The number of rotatable bonds is 2. The molecule has 1 aromatic carbocycles. The number of aromatic nitrogens is 4. The minimum absolute atomic E-state index is 0.0250. The highest BCUT2D eigenvalue weighted by molar-refractivity contribution is 6.30. The third-order valence-corrected chi connectivity index (χ3v) is 4.86. The van der Waals surface area contributed by atoms with Crippen molar-refractivity contribution in [2.45, 2.75) is 12.8 Å². The van der Waals surface area contributed by atoms with E-state index in [4.69, 9.17) is 16.9 Å². The number of nitriles is 1. The third kappa shape index (κ3) is 3.00. The van der Waals surface area contributed by atoms with Crippen molar-refractivity contribution in [1.82, 2.24) is 24.7 Å². The first-order valence-electron chi connectivity index (χ1n) is 8.31. The van der Waals surface area contributed by atoms with Crippen molar-refractivity contribution in [3.8, 4) is 17.2 Å². The molecule has 26 heavy (non-hydrogen) atoms. The predicted molar refractivity (Wildman–Crippen MR) is 95.5 cm³/mol. The van der Waals surface area contributed by atoms with Crippen molar-refractivity contribution in [2.75, 3.05) is 13.1 Å². The topological polar surface area (TPSA) is 87.2 Å². The number of carbonyl (C=O) groups is 1. The Balaban J connectivity index is 1.71. The van der Waals surface area contributed by atoms with E-state index in [1.54, 1.807) is 23.1 Å². The molecule has 0 unspecified atom stereocenters. The second kappa shape index (κ2) is 6.73. The molecule has 0 N–H and O–H groups in total. The van der Waals surface area contributed by atoms with E-state index >= 15 is 0 Å². The van der Waals surface area contributed by atoms with Crippen LogP contribution in [0.25, 0.3) is 16.8 Å². The molecule has 3 aromatic rings. The zero-order valence-electron chi connectivity index (χ0n) is 13.8. The summed E-state index contributed by atoms with van der Waals surface area (Å²) < 4.78 is 1.51. The van der Waals surface area contributed by atoms with E-state index in [9.17, 15) is 4.79 Å². The summed E-state index contributed by atoms with van der Waals surface area (Å²) in [7, 11) is 0. The molecule has 1 aliphatic heterocycles. The summed E-state index contributed by atoms with van der Waals surface area (Å²) in [5, 5.41) is 22.0. The van der Waals surface area contributed by atoms with Crippen LogP contribution >= 0.6 is 11.6 Å². The van der Waals surface area contributed by atoms with Crippen molar-refractivity contribution in [3.63, 3.8) is 0 Å². The van der Waals surface area contributed by atoms with Crippen molar-refractivity contribution in [1.29, 1.82) is 5.26 Å². The third-order valence-electron chi connectivity index (χ3n) is 4.61. The standard InChI is InChI=1S/C18H15ClN6O/c19-14-3-1-13(2-4-14)15-9-16(23-25-11-21-22-17(15)25)18(26)24-7-5-12(10-20)6-8-24/h1-4,9,11-12H,5-8H2. The van der Waals surface area contributed by atoms with Crippen LogP contribution in [0, 0.1) is 17.2 Å². The van der Waals surface area contributed by atoms with Gasteiger partial charge < -0.3 is 4.90 Å². The lowest BCUT2D eigenvalue weighted by atomic mass is 9.98. The van der Waals surface area contributed by atoms with Crippen LogP contribution < -0.4 is 0 Å². The number of halogens is 1. The summed E-state index contributed by atoms with van der Waals surface area (Å²) in [4.78, 5) is 14.7. The molecule has 1 saturated heterocycles. The Kier molecular flexibility index (Phi) is 4.27. The molecule has 0 aliphatic carbocycles. The SMILES string of the molecule is N#CC1CCN(C(=O)c2cc(-c3ccc(Cl)cc3)c3nncn3n2)CC1. The van der Waals surface area contributed by atoms with Crippen molar-refractivity contribution < 1.29 is 4.79 Å². The summed E-state index contributed by atoms with van der Waals surface area (Å²) in [5.41, 5.74) is 2.56. The molecule has 130 valence electrons. The van der Waals surface area contributed by atoms with Crippen LogP contribution in [0.5, 0.6) is 0 Å². The van der Waals surface area contributed by atoms with Crippen LogP contribution in [-0.4, -0.2) is 43.7 Å². The van der Waals surface area contributed by atoms with Gasteiger partial charge in [0.25, 0.3) is 5.91 Å². The van der Waals surface area contributed by atoms with Gasteiger partial charge >= 0.3 is 0 Å². The maximum atomic E-state index is 12.9. The molecule has 1 aliphatic rings. The Bertz CT molecular complexity index is 999. The van der Waals surface area contributed by atoms with Crippen LogP contribution in [0.15, 0.2) is 36.7 Å². The lowest BCUT2D eigenvalue weighted by molar-refractivity contribution is 0.0700. The Morgan fingerprint density at radius 2 is 1.96 bits per heavy atom. The van der Waals surface area contributed by atoms with E-state index < -0.39 is 0 Å². The van der Waals surface area contributed by atoms with E-state index in [-0.39, 0.29) is 11.8 Å². The molecule has 0 bridgehead atoms. The van der Waals surface area contributed by atoms with Gasteiger partial charge in [-0.3, -0.25) is 4.79 Å². The van der Waals surface area contributed by atoms with Gasteiger partial charge in [0.2, 0.25) is 0 Å². The average molecular weight is 367 g/mol. The molecule has 3 heterocycles. The number of carbonyl (C=O) groups excluding carboxylic acids is 1. The van der Waals surface area contributed by atoms with E-state index in [0.29, 0.717) is 42.3 Å². The lowest BCUT2D eigenvalue weighted by Gasteiger charge is -2.28. The van der Waals surface area contributed by atoms with Gasteiger partial charge in [-0.05, 0) is 36.6 Å². The molecule has 8 heteroatoms. The molecule has 0 spiro atoms. The quantitative estimate of drug-likeness (QED) is 0.696. The maximum Gasteiger partial charge on any atom is 0.274 e. The first kappa shape index (κ1) is 16.5. The minimum atomic E-state index is -0.146. The second-order valence-electron chi connectivity index (χ2n) is 6.24. The van der Waals surface area contributed by atoms with Crippen LogP contribution in [-0.2, 0) is 0 Å². The van der Waals surface area contributed by atoms with Gasteiger partial charge in [-0.15, -0.1) is 10.2 Å². The second-order valence-corrected chi connectivity index (χ2v) is 6.68. The van der Waals surface area contributed by atoms with Crippen molar-refractivity contribution in [3.05, 3.63) is 47.4 Å². The Hall–Kier alpha value is -2.98. The normalized spacial score (nSPS) is 15.2. The molecular formula is C18H15ClN6O. The monoisotopic (exact) mass is 366 g/mol. The number of amides is 1. The fraction of sp³-hybridized carbons (Fsp3) is 0.278. The highest BCUT2D eigenvalue weighted by Gasteiger charge is 2.25. The van der Waals surface area contributed by atoms with Gasteiger partial charge in [0.05, 0.1) is 6.07 Å². The Morgan fingerprint density at radius 3 is 2.65 bits per heavy atom. The van der Waals surface area contributed by atoms with E-state index in [1.807, 2.05) is 12.1 Å². The van der Waals surface area contributed by atoms with Crippen LogP contribution in [0.2, 0.25) is 5.02 Å². The molecule has 1 fully saturated rings. The molecule has 7 nitrogen and oxygen atoms in total. The summed E-state index contributed by atoms with van der Waals surface area (Å²) in [6.45, 7) is 1.13. The van der Waals surface area contributed by atoms with Gasteiger partial charge in [0.1, 0.15) is 12.0 Å². The predicted octanol–water partition coefficient (Wildman–Crippen LogP) is 2.82. The zero-order chi connectivity index (χ0) is 18.1. The number of nitrogens with zero attached hydrogens (tertiary/aromatic N) is 6. The number of benzene rings is 1. The molecular weight excluding hydrogens is 352 g/mol. The molecule has 2 aromatic heterocycles. The smallest absolute Gasteiger partial charge is 0.274 e. The van der Waals surface area contributed by atoms with E-state index in [0.717, 1.165) is 11.1 Å². The molecule has 0 saturated carbocycles. The number of hydrogen-bond acceptors (Lipinski definition) is 5. The lowest BCUT2D eigenvalue weighted by Crippen LogP contribution is -2.38. The zero-order valence-corrected chi connectivity index (χ0v) is 14.6.